The first-order valence-corrected chi connectivity index (χ1v) is 10.7. The first-order chi connectivity index (χ1) is 16.3. The number of rotatable bonds is 12. The van der Waals surface area contributed by atoms with Gasteiger partial charge in [0.05, 0.1) is 40.5 Å². The van der Waals surface area contributed by atoms with Crippen LogP contribution in [0.15, 0.2) is 23.8 Å². The van der Waals surface area contributed by atoms with Crippen molar-refractivity contribution in [3.63, 3.8) is 0 Å². The number of ether oxygens (including phenoxy) is 7. The molecule has 0 amide bonds. The minimum atomic E-state index is -1.31. The molecule has 0 saturated heterocycles. The molecule has 10 heteroatoms. The van der Waals surface area contributed by atoms with E-state index in [4.69, 9.17) is 33.2 Å². The number of hydrogen-bond donors (Lipinski definition) is 0. The normalized spacial score (nSPS) is 19.8. The van der Waals surface area contributed by atoms with Gasteiger partial charge >= 0.3 is 11.9 Å². The molecule has 0 heterocycles. The van der Waals surface area contributed by atoms with Crippen molar-refractivity contribution >= 4 is 17.7 Å². The molecule has 0 spiro atoms. The van der Waals surface area contributed by atoms with E-state index in [0.29, 0.717) is 28.4 Å². The van der Waals surface area contributed by atoms with E-state index in [1.807, 2.05) is 0 Å². The predicted molar refractivity (Wildman–Crippen MR) is 120 cm³/mol. The van der Waals surface area contributed by atoms with Crippen LogP contribution in [-0.4, -0.2) is 79.7 Å². The molecule has 3 atom stereocenters. The van der Waals surface area contributed by atoms with Gasteiger partial charge in [-0.1, -0.05) is 5.57 Å². The van der Waals surface area contributed by atoms with Crippen molar-refractivity contribution in [2.45, 2.75) is 12.8 Å². The Morgan fingerprint density at radius 2 is 1.24 bits per heavy atom. The molecule has 0 N–H and O–H groups in total. The third-order valence-electron chi connectivity index (χ3n) is 5.55. The fraction of sp³-hybridized carbons (Fsp3) is 0.542. The maximum atomic E-state index is 13.2. The van der Waals surface area contributed by atoms with E-state index >= 15 is 0 Å². The molecule has 0 aromatic heterocycles. The van der Waals surface area contributed by atoms with Crippen LogP contribution in [0, 0.1) is 11.8 Å². The number of esters is 2. The van der Waals surface area contributed by atoms with Crippen molar-refractivity contribution in [1.82, 2.24) is 0 Å². The summed E-state index contributed by atoms with van der Waals surface area (Å²) in [4.78, 5) is 39.4. The summed E-state index contributed by atoms with van der Waals surface area (Å²) in [5.41, 5.74) is 0.860. The van der Waals surface area contributed by atoms with E-state index in [9.17, 15) is 14.4 Å². The summed E-state index contributed by atoms with van der Waals surface area (Å²) in [5, 5.41) is 0. The van der Waals surface area contributed by atoms with Crippen LogP contribution in [0.4, 0.5) is 0 Å². The van der Waals surface area contributed by atoms with Gasteiger partial charge in [0.1, 0.15) is 24.9 Å². The Bertz CT molecular complexity index is 907. The monoisotopic (exact) mass is 480 g/mol. The van der Waals surface area contributed by atoms with Gasteiger partial charge in [0.15, 0.2) is 17.3 Å². The molecular weight excluding hydrogens is 448 g/mol. The van der Waals surface area contributed by atoms with Crippen LogP contribution >= 0.6 is 0 Å². The molecule has 1 aromatic carbocycles. The maximum absolute atomic E-state index is 13.2. The molecule has 0 aliphatic heterocycles. The summed E-state index contributed by atoms with van der Waals surface area (Å²) in [6, 6.07) is 3.17. The average molecular weight is 481 g/mol. The van der Waals surface area contributed by atoms with E-state index in [2.05, 4.69) is 0 Å². The lowest BCUT2D eigenvalue weighted by atomic mass is 9.68. The van der Waals surface area contributed by atoms with E-state index in [-0.39, 0.29) is 26.4 Å². The summed E-state index contributed by atoms with van der Waals surface area (Å²) >= 11 is 0. The highest BCUT2D eigenvalue weighted by Gasteiger charge is 2.49. The Morgan fingerprint density at radius 1 is 0.735 bits per heavy atom. The van der Waals surface area contributed by atoms with Gasteiger partial charge in [-0.15, -0.1) is 0 Å². The molecule has 2 rings (SSSR count). The summed E-state index contributed by atoms with van der Waals surface area (Å²) in [6.45, 7) is 1.99. The summed E-state index contributed by atoms with van der Waals surface area (Å²) in [5.74, 6) is -4.06. The van der Waals surface area contributed by atoms with Crippen molar-refractivity contribution in [3.05, 3.63) is 29.3 Å². The molecule has 0 radical (unpaired) electrons. The van der Waals surface area contributed by atoms with Crippen molar-refractivity contribution in [3.8, 4) is 17.2 Å². The standard InChI is InChI=1S/C24H32O10/c1-14-11-16(25)22(24(27)34-10-8-29-3)21(20(14)23(26)33-9-7-28-2)15-12-18(31-5)19(32-6)13-17(15)30-4/h11-13,20-22H,7-10H2,1-6H3. The number of carbonyl (C=O) groups is 3. The van der Waals surface area contributed by atoms with Crippen LogP contribution in [-0.2, 0) is 33.3 Å². The number of methoxy groups -OCH3 is 5. The Kier molecular flexibility index (Phi) is 10.3. The van der Waals surface area contributed by atoms with Gasteiger partial charge in [0, 0.05) is 31.8 Å². The predicted octanol–water partition coefficient (Wildman–Crippen LogP) is 1.94. The zero-order chi connectivity index (χ0) is 25.3. The van der Waals surface area contributed by atoms with E-state index in [1.54, 1.807) is 19.1 Å². The quantitative estimate of drug-likeness (QED) is 0.250. The van der Waals surface area contributed by atoms with Gasteiger partial charge in [-0.3, -0.25) is 14.4 Å². The molecule has 0 saturated carbocycles. The largest absolute Gasteiger partial charge is 0.496 e. The Labute approximate surface area is 199 Å². The highest BCUT2D eigenvalue weighted by molar-refractivity contribution is 6.08. The van der Waals surface area contributed by atoms with E-state index in [1.165, 1.54) is 41.6 Å². The first-order valence-electron chi connectivity index (χ1n) is 10.7. The lowest BCUT2D eigenvalue weighted by Crippen LogP contribution is -2.42. The summed E-state index contributed by atoms with van der Waals surface area (Å²) in [6.07, 6.45) is 1.29. The summed E-state index contributed by atoms with van der Waals surface area (Å²) < 4.78 is 36.9. The molecular formula is C24H32O10. The second-order valence-corrected chi connectivity index (χ2v) is 7.54. The van der Waals surface area contributed by atoms with E-state index < -0.39 is 35.5 Å². The molecule has 188 valence electrons. The highest BCUT2D eigenvalue weighted by atomic mass is 16.6. The molecule has 1 aliphatic rings. The van der Waals surface area contributed by atoms with Gasteiger partial charge in [0.25, 0.3) is 0 Å². The zero-order valence-electron chi connectivity index (χ0n) is 20.4. The third kappa shape index (κ3) is 6.06. The second-order valence-electron chi connectivity index (χ2n) is 7.54. The van der Waals surface area contributed by atoms with Crippen LogP contribution in [0.25, 0.3) is 0 Å². The van der Waals surface area contributed by atoms with Gasteiger partial charge < -0.3 is 33.2 Å². The molecule has 34 heavy (non-hydrogen) atoms. The molecule has 3 unspecified atom stereocenters. The van der Waals surface area contributed by atoms with Crippen LogP contribution in [0.1, 0.15) is 18.4 Å². The number of ketones is 1. The maximum Gasteiger partial charge on any atom is 0.317 e. The van der Waals surface area contributed by atoms with Crippen LogP contribution in [0.2, 0.25) is 0 Å². The molecule has 1 aliphatic carbocycles. The molecule has 10 nitrogen and oxygen atoms in total. The smallest absolute Gasteiger partial charge is 0.317 e. The highest BCUT2D eigenvalue weighted by Crippen LogP contribution is 2.48. The van der Waals surface area contributed by atoms with Crippen LogP contribution in [0.3, 0.4) is 0 Å². The third-order valence-corrected chi connectivity index (χ3v) is 5.55. The van der Waals surface area contributed by atoms with E-state index in [0.717, 1.165) is 0 Å². The lowest BCUT2D eigenvalue weighted by Gasteiger charge is -2.35. The Balaban J connectivity index is 2.66. The lowest BCUT2D eigenvalue weighted by molar-refractivity contribution is -0.156. The zero-order valence-corrected chi connectivity index (χ0v) is 20.4. The number of hydrogen-bond acceptors (Lipinski definition) is 10. The SMILES string of the molecule is COCCOC(=O)C1C(=O)C=C(C)C(C(=O)OCCOC)C1c1cc(OC)c(OC)cc1OC. The van der Waals surface area contributed by atoms with Crippen molar-refractivity contribution in [2.24, 2.45) is 11.8 Å². The van der Waals surface area contributed by atoms with Crippen LogP contribution in [0.5, 0.6) is 17.2 Å². The molecule has 1 aromatic rings. The van der Waals surface area contributed by atoms with Gasteiger partial charge in [-0.05, 0) is 19.1 Å². The molecule has 0 fully saturated rings. The fourth-order valence-corrected chi connectivity index (χ4v) is 3.96. The minimum absolute atomic E-state index is 0.0196. The summed E-state index contributed by atoms with van der Waals surface area (Å²) in [7, 11) is 7.32. The van der Waals surface area contributed by atoms with Crippen LogP contribution < -0.4 is 14.2 Å². The van der Waals surface area contributed by atoms with Gasteiger partial charge in [-0.25, -0.2) is 0 Å². The average Bonchev–Trinajstić information content (AvgIpc) is 2.82. The van der Waals surface area contributed by atoms with Gasteiger partial charge in [-0.2, -0.15) is 0 Å². The Hall–Kier alpha value is -3.11. The van der Waals surface area contributed by atoms with Gasteiger partial charge in [0.2, 0.25) is 0 Å². The number of benzene rings is 1. The number of carbonyl (C=O) groups excluding carboxylic acids is 3. The Morgan fingerprint density at radius 3 is 1.74 bits per heavy atom. The molecule has 0 bridgehead atoms. The topological polar surface area (TPSA) is 116 Å². The first kappa shape index (κ1) is 27.1. The minimum Gasteiger partial charge on any atom is -0.496 e. The second kappa shape index (κ2) is 13.0. The van der Waals surface area contributed by atoms with Crippen molar-refractivity contribution in [1.29, 1.82) is 0 Å². The number of allylic oxidation sites excluding steroid dienone is 1. The van der Waals surface area contributed by atoms with Crippen molar-refractivity contribution in [2.75, 3.05) is 62.0 Å². The fourth-order valence-electron chi connectivity index (χ4n) is 3.96. The van der Waals surface area contributed by atoms with Crippen molar-refractivity contribution < 1.29 is 47.5 Å².